The molecule has 4 atom stereocenters. The topological polar surface area (TPSA) is 151 Å². The normalized spacial score (nSPS) is 24.3. The van der Waals surface area contributed by atoms with E-state index in [0.717, 1.165) is 64.2 Å². The first-order valence-electron chi connectivity index (χ1n) is 13.6. The Morgan fingerprint density at radius 3 is 1.33 bits per heavy atom. The molecule has 0 spiro atoms. The number of cyclic esters (lactones) is 2. The Hall–Kier alpha value is -2.20. The fraction of sp³-hybridized carbons (Fsp3) is 0.846. The summed E-state index contributed by atoms with van der Waals surface area (Å²) in [6.07, 6.45) is 8.50. The van der Waals surface area contributed by atoms with Crippen molar-refractivity contribution in [1.29, 1.82) is 0 Å². The standard InChI is InChI=1S/C26H46N2O8/c1-3-5-7-9-11-13-19-15-23(31)27-22(18-30)26(34)36-20(14-12-10-8-6-4-2)16-24(32)28-21(17-29)25(33)35-19/h19-22,29-30H,3-18H2,1-2H3,(H,27,31)(H,28,32)/t19-,20-,21+,22+/m1/s1. The molecule has 1 aliphatic heterocycles. The van der Waals surface area contributed by atoms with E-state index >= 15 is 0 Å². The molecule has 0 aromatic rings. The number of esters is 2. The van der Waals surface area contributed by atoms with Gasteiger partial charge in [-0.1, -0.05) is 65.2 Å². The van der Waals surface area contributed by atoms with Gasteiger partial charge in [-0.15, -0.1) is 0 Å². The minimum absolute atomic E-state index is 0.212. The summed E-state index contributed by atoms with van der Waals surface area (Å²) in [7, 11) is 0. The summed E-state index contributed by atoms with van der Waals surface area (Å²) in [4.78, 5) is 50.6. The lowest BCUT2D eigenvalue weighted by molar-refractivity contribution is -0.160. The molecule has 208 valence electrons. The summed E-state index contributed by atoms with van der Waals surface area (Å²) >= 11 is 0. The summed E-state index contributed by atoms with van der Waals surface area (Å²) in [6, 6.07) is -2.56. The van der Waals surface area contributed by atoms with Crippen molar-refractivity contribution >= 4 is 23.8 Å². The molecule has 1 saturated heterocycles. The van der Waals surface area contributed by atoms with Crippen LogP contribution in [0.5, 0.6) is 0 Å². The molecule has 0 aromatic heterocycles. The number of carbonyl (C=O) groups excluding carboxylic acids is 4. The third kappa shape index (κ3) is 13.2. The van der Waals surface area contributed by atoms with Gasteiger partial charge in [0.1, 0.15) is 12.2 Å². The Bertz CT molecular complexity index is 616. The van der Waals surface area contributed by atoms with E-state index in [4.69, 9.17) is 9.47 Å². The summed E-state index contributed by atoms with van der Waals surface area (Å²) in [5.74, 6) is -2.76. The van der Waals surface area contributed by atoms with E-state index in [1.54, 1.807) is 0 Å². The van der Waals surface area contributed by atoms with Crippen LogP contribution in [0, 0.1) is 0 Å². The van der Waals surface area contributed by atoms with Crippen LogP contribution in [-0.2, 0) is 28.7 Å². The van der Waals surface area contributed by atoms with Gasteiger partial charge in [-0.25, -0.2) is 9.59 Å². The number of hydrogen-bond donors (Lipinski definition) is 4. The van der Waals surface area contributed by atoms with E-state index < -0.39 is 61.3 Å². The minimum atomic E-state index is -1.28. The van der Waals surface area contributed by atoms with E-state index in [9.17, 15) is 29.4 Å². The van der Waals surface area contributed by atoms with Gasteiger partial charge in [-0.05, 0) is 25.7 Å². The predicted octanol–water partition coefficient (Wildman–Crippen LogP) is 2.28. The van der Waals surface area contributed by atoms with Gasteiger partial charge in [0.2, 0.25) is 11.8 Å². The van der Waals surface area contributed by atoms with Gasteiger partial charge >= 0.3 is 11.9 Å². The first-order chi connectivity index (χ1) is 17.3. The highest BCUT2D eigenvalue weighted by Gasteiger charge is 2.31. The van der Waals surface area contributed by atoms with Crippen LogP contribution in [0.2, 0.25) is 0 Å². The van der Waals surface area contributed by atoms with Gasteiger partial charge in [0.25, 0.3) is 0 Å². The fourth-order valence-electron chi connectivity index (χ4n) is 4.13. The van der Waals surface area contributed by atoms with Crippen LogP contribution in [-0.4, -0.2) is 71.5 Å². The second kappa shape index (κ2) is 19.0. The highest BCUT2D eigenvalue weighted by molar-refractivity contribution is 5.87. The van der Waals surface area contributed by atoms with Gasteiger partial charge in [0.15, 0.2) is 12.1 Å². The zero-order valence-electron chi connectivity index (χ0n) is 22.0. The monoisotopic (exact) mass is 514 g/mol. The van der Waals surface area contributed by atoms with Crippen molar-refractivity contribution in [3.05, 3.63) is 0 Å². The molecule has 36 heavy (non-hydrogen) atoms. The highest BCUT2D eigenvalue weighted by Crippen LogP contribution is 2.16. The Kier molecular flexibility index (Phi) is 16.8. The second-order valence-corrected chi connectivity index (χ2v) is 9.54. The number of aliphatic hydroxyl groups excluding tert-OH is 2. The van der Waals surface area contributed by atoms with Crippen LogP contribution in [0.1, 0.15) is 104 Å². The largest absolute Gasteiger partial charge is 0.460 e. The van der Waals surface area contributed by atoms with Crippen LogP contribution in [0.3, 0.4) is 0 Å². The predicted molar refractivity (Wildman–Crippen MR) is 134 cm³/mol. The molecule has 4 N–H and O–H groups in total. The number of ether oxygens (including phenoxy) is 2. The first-order valence-corrected chi connectivity index (χ1v) is 13.6. The van der Waals surface area contributed by atoms with E-state index in [-0.39, 0.29) is 12.8 Å². The third-order valence-corrected chi connectivity index (χ3v) is 6.26. The maximum atomic E-state index is 12.7. The second-order valence-electron chi connectivity index (χ2n) is 9.54. The van der Waals surface area contributed by atoms with Crippen LogP contribution >= 0.6 is 0 Å². The van der Waals surface area contributed by atoms with E-state index in [1.807, 2.05) is 0 Å². The fourth-order valence-corrected chi connectivity index (χ4v) is 4.13. The molecule has 0 radical (unpaired) electrons. The molecule has 0 aromatic carbocycles. The first kappa shape index (κ1) is 31.8. The molecular formula is C26H46N2O8. The van der Waals surface area contributed by atoms with Crippen molar-refractivity contribution in [2.24, 2.45) is 0 Å². The van der Waals surface area contributed by atoms with Crippen molar-refractivity contribution in [3.8, 4) is 0 Å². The number of nitrogens with one attached hydrogen (secondary N) is 2. The summed E-state index contributed by atoms with van der Waals surface area (Å²) in [5, 5.41) is 24.3. The molecule has 1 heterocycles. The molecule has 2 amide bonds. The number of carbonyl (C=O) groups is 4. The molecule has 10 nitrogen and oxygen atoms in total. The van der Waals surface area contributed by atoms with Crippen molar-refractivity contribution in [2.45, 2.75) is 128 Å². The summed E-state index contributed by atoms with van der Waals surface area (Å²) in [5.41, 5.74) is 0. The SMILES string of the molecule is CCCCCCC[C@@H]1CC(=O)N[C@@H](CO)C(=O)O[C@H](CCCCCCC)CC(=O)N[C@@H](CO)C(=O)O1. The van der Waals surface area contributed by atoms with Crippen LogP contribution in [0.25, 0.3) is 0 Å². The molecule has 0 saturated carbocycles. The molecule has 1 fully saturated rings. The number of aliphatic hydroxyl groups is 2. The average Bonchev–Trinajstić information content (AvgIpc) is 2.84. The van der Waals surface area contributed by atoms with Crippen molar-refractivity contribution < 1.29 is 38.9 Å². The van der Waals surface area contributed by atoms with Crippen molar-refractivity contribution in [2.75, 3.05) is 13.2 Å². The number of unbranched alkanes of at least 4 members (excludes halogenated alkanes) is 8. The Balaban J connectivity index is 2.95. The molecule has 0 bridgehead atoms. The molecular weight excluding hydrogens is 468 g/mol. The maximum absolute atomic E-state index is 12.7. The lowest BCUT2D eigenvalue weighted by Gasteiger charge is -2.25. The van der Waals surface area contributed by atoms with Gasteiger partial charge in [0.05, 0.1) is 26.1 Å². The average molecular weight is 515 g/mol. The lowest BCUT2D eigenvalue weighted by atomic mass is 10.0. The molecule has 0 unspecified atom stereocenters. The van der Waals surface area contributed by atoms with Crippen LogP contribution in [0.15, 0.2) is 0 Å². The lowest BCUT2D eigenvalue weighted by Crippen LogP contribution is -2.49. The van der Waals surface area contributed by atoms with Gasteiger partial charge in [0, 0.05) is 0 Å². The third-order valence-electron chi connectivity index (χ3n) is 6.26. The summed E-state index contributed by atoms with van der Waals surface area (Å²) < 4.78 is 11.0. The number of hydrogen-bond acceptors (Lipinski definition) is 8. The molecule has 1 aliphatic rings. The number of rotatable bonds is 14. The van der Waals surface area contributed by atoms with Gasteiger partial charge in [-0.3, -0.25) is 9.59 Å². The highest BCUT2D eigenvalue weighted by atomic mass is 16.6. The minimum Gasteiger partial charge on any atom is -0.460 e. The van der Waals surface area contributed by atoms with Crippen molar-refractivity contribution in [3.63, 3.8) is 0 Å². The molecule has 1 rings (SSSR count). The summed E-state index contributed by atoms with van der Waals surface area (Å²) in [6.45, 7) is 2.89. The zero-order valence-corrected chi connectivity index (χ0v) is 22.0. The van der Waals surface area contributed by atoms with Crippen LogP contribution in [0.4, 0.5) is 0 Å². The smallest absolute Gasteiger partial charge is 0.331 e. The van der Waals surface area contributed by atoms with Crippen LogP contribution < -0.4 is 10.6 Å². The maximum Gasteiger partial charge on any atom is 0.331 e. The Labute approximate surface area is 214 Å². The quantitative estimate of drug-likeness (QED) is 0.204. The zero-order chi connectivity index (χ0) is 26.8. The van der Waals surface area contributed by atoms with Gasteiger partial charge in [-0.2, -0.15) is 0 Å². The Morgan fingerprint density at radius 1 is 0.639 bits per heavy atom. The van der Waals surface area contributed by atoms with E-state index in [0.29, 0.717) is 12.8 Å². The van der Waals surface area contributed by atoms with Crippen molar-refractivity contribution in [1.82, 2.24) is 10.6 Å². The van der Waals surface area contributed by atoms with E-state index in [1.165, 1.54) is 0 Å². The van der Waals surface area contributed by atoms with Gasteiger partial charge < -0.3 is 30.3 Å². The molecule has 10 heteroatoms. The Morgan fingerprint density at radius 2 is 1.00 bits per heavy atom. The van der Waals surface area contributed by atoms with E-state index in [2.05, 4.69) is 24.5 Å². The number of amides is 2. The molecule has 0 aliphatic carbocycles.